The van der Waals surface area contributed by atoms with Gasteiger partial charge in [0.15, 0.2) is 5.82 Å². The van der Waals surface area contributed by atoms with Gasteiger partial charge < -0.3 is 14.2 Å². The molecule has 7 heteroatoms. The maximum absolute atomic E-state index is 12.7. The van der Waals surface area contributed by atoms with Crippen LogP contribution in [0.3, 0.4) is 0 Å². The lowest BCUT2D eigenvalue weighted by atomic mass is 10.1. The lowest BCUT2D eigenvalue weighted by Gasteiger charge is -2.06. The Kier molecular flexibility index (Phi) is 9.48. The second kappa shape index (κ2) is 12.1. The molecule has 2 aromatic rings. The molecular formula is C21H31N3O4. The van der Waals surface area contributed by atoms with Crippen molar-refractivity contribution < 1.29 is 19.0 Å². The van der Waals surface area contributed by atoms with Crippen molar-refractivity contribution in [1.29, 1.82) is 0 Å². The Balaban J connectivity index is 2.09. The molecule has 0 aliphatic rings. The Morgan fingerprint density at radius 2 is 1.71 bits per heavy atom. The highest BCUT2D eigenvalue weighted by molar-refractivity contribution is 5.82. The minimum Gasteiger partial charge on any atom is -0.497 e. The molecule has 0 atom stereocenters. The normalized spacial score (nSPS) is 10.8. The molecule has 2 rings (SSSR count). The molecule has 0 bridgehead atoms. The van der Waals surface area contributed by atoms with E-state index in [-0.39, 0.29) is 11.9 Å². The predicted molar refractivity (Wildman–Crippen MR) is 108 cm³/mol. The molecule has 28 heavy (non-hydrogen) atoms. The third-order valence-corrected chi connectivity index (χ3v) is 4.43. The average Bonchev–Trinajstić information content (AvgIpc) is 3.15. The largest absolute Gasteiger partial charge is 0.497 e. The topological polar surface area (TPSA) is 75.5 Å². The lowest BCUT2D eigenvalue weighted by Crippen LogP contribution is -2.14. The molecule has 7 nitrogen and oxygen atoms in total. The molecule has 0 unspecified atom stereocenters. The summed E-state index contributed by atoms with van der Waals surface area (Å²) in [6.07, 6.45) is 7.20. The summed E-state index contributed by atoms with van der Waals surface area (Å²) in [5, 5.41) is 4.28. The highest BCUT2D eigenvalue weighted by Crippen LogP contribution is 2.23. The fourth-order valence-electron chi connectivity index (χ4n) is 2.83. The number of carbonyl (C=O) groups is 1. The molecule has 0 spiro atoms. The fourth-order valence-corrected chi connectivity index (χ4v) is 2.83. The summed E-state index contributed by atoms with van der Waals surface area (Å²) < 4.78 is 17.0. The summed E-state index contributed by atoms with van der Waals surface area (Å²) in [4.78, 5) is 17.2. The van der Waals surface area contributed by atoms with Crippen molar-refractivity contribution in [2.75, 3.05) is 27.4 Å². The van der Waals surface area contributed by atoms with E-state index >= 15 is 0 Å². The van der Waals surface area contributed by atoms with Gasteiger partial charge in [-0.3, -0.25) is 4.79 Å². The molecule has 0 N–H and O–H groups in total. The van der Waals surface area contributed by atoms with Gasteiger partial charge in [-0.25, -0.2) is 0 Å². The molecule has 0 aliphatic heterocycles. The van der Waals surface area contributed by atoms with E-state index in [0.29, 0.717) is 25.5 Å². The van der Waals surface area contributed by atoms with Crippen LogP contribution in [-0.4, -0.2) is 48.1 Å². The third-order valence-electron chi connectivity index (χ3n) is 4.43. The van der Waals surface area contributed by atoms with Crippen molar-refractivity contribution in [1.82, 2.24) is 14.8 Å². The van der Waals surface area contributed by atoms with E-state index in [1.165, 1.54) is 23.9 Å². The zero-order valence-corrected chi connectivity index (χ0v) is 17.1. The maximum Gasteiger partial charge on any atom is 0.336 e. The van der Waals surface area contributed by atoms with Crippen LogP contribution in [0.15, 0.2) is 24.3 Å². The number of rotatable bonds is 13. The number of methoxy groups -OCH3 is 2. The number of hydrogen-bond donors (Lipinski definition) is 0. The summed E-state index contributed by atoms with van der Waals surface area (Å²) in [5.41, 5.74) is 0.784. The number of carbonyl (C=O) groups excluding carboxylic acids is 1. The van der Waals surface area contributed by atoms with E-state index < -0.39 is 0 Å². The van der Waals surface area contributed by atoms with Gasteiger partial charge in [0, 0.05) is 19.1 Å². The Hall–Kier alpha value is -2.41. The monoisotopic (exact) mass is 389 g/mol. The van der Waals surface area contributed by atoms with Gasteiger partial charge in [-0.1, -0.05) is 39.0 Å². The predicted octanol–water partition coefficient (Wildman–Crippen LogP) is 4.37. The van der Waals surface area contributed by atoms with Crippen LogP contribution in [0, 0.1) is 0 Å². The van der Waals surface area contributed by atoms with Crippen LogP contribution in [0.2, 0.25) is 0 Å². The van der Waals surface area contributed by atoms with Gasteiger partial charge in [0.2, 0.25) is 5.91 Å². The molecule has 1 heterocycles. The molecule has 0 radical (unpaired) electrons. The molecule has 0 saturated carbocycles. The van der Waals surface area contributed by atoms with Gasteiger partial charge in [-0.15, -0.1) is 5.10 Å². The van der Waals surface area contributed by atoms with Crippen LogP contribution in [-0.2, 0) is 4.74 Å². The molecule has 154 valence electrons. The van der Waals surface area contributed by atoms with E-state index in [1.807, 2.05) is 24.3 Å². The van der Waals surface area contributed by atoms with Crippen LogP contribution < -0.4 is 9.47 Å². The van der Waals surface area contributed by atoms with E-state index in [9.17, 15) is 4.79 Å². The van der Waals surface area contributed by atoms with Crippen molar-refractivity contribution in [2.45, 2.75) is 51.9 Å². The van der Waals surface area contributed by atoms with Crippen LogP contribution in [0.1, 0.15) is 56.7 Å². The first-order chi connectivity index (χ1) is 13.7. The second-order valence-electron chi connectivity index (χ2n) is 6.61. The lowest BCUT2D eigenvalue weighted by molar-refractivity contribution is 0.0881. The highest BCUT2D eigenvalue weighted by Gasteiger charge is 2.18. The first kappa shape index (κ1) is 21.9. The van der Waals surface area contributed by atoms with Gasteiger partial charge in [0.05, 0.1) is 13.7 Å². The van der Waals surface area contributed by atoms with Gasteiger partial charge in [-0.05, 0) is 30.7 Å². The van der Waals surface area contributed by atoms with Crippen LogP contribution in [0.25, 0.3) is 11.4 Å². The molecule has 1 aromatic heterocycles. The standard InChI is InChI=1S/C21H31N3O4/c1-4-5-6-7-8-9-10-19(25)24-20(17-11-13-18(27-3)14-12-17)22-21(23-24)28-16-15-26-2/h11-14H,4-10,15-16H2,1-3H3. The number of ether oxygens (including phenoxy) is 3. The van der Waals surface area contributed by atoms with E-state index in [4.69, 9.17) is 14.2 Å². The summed E-state index contributed by atoms with van der Waals surface area (Å²) >= 11 is 0. The quantitative estimate of drug-likeness (QED) is 0.474. The number of hydrogen-bond acceptors (Lipinski definition) is 6. The first-order valence-electron chi connectivity index (χ1n) is 9.96. The average molecular weight is 389 g/mol. The van der Waals surface area contributed by atoms with Crippen molar-refractivity contribution >= 4 is 5.91 Å². The number of unbranched alkanes of at least 4 members (excludes halogenated alkanes) is 5. The van der Waals surface area contributed by atoms with Gasteiger partial charge in [0.1, 0.15) is 12.4 Å². The molecular weight excluding hydrogens is 358 g/mol. The molecule has 0 amide bonds. The van der Waals surface area contributed by atoms with E-state index in [1.54, 1.807) is 14.2 Å². The van der Waals surface area contributed by atoms with E-state index in [0.717, 1.165) is 30.6 Å². The summed E-state index contributed by atoms with van der Waals surface area (Å²) in [6.45, 7) is 2.95. The Morgan fingerprint density at radius 3 is 2.39 bits per heavy atom. The maximum atomic E-state index is 12.7. The van der Waals surface area contributed by atoms with Gasteiger partial charge in [0.25, 0.3) is 0 Å². The number of aromatic nitrogens is 3. The summed E-state index contributed by atoms with van der Waals surface area (Å²) in [5.74, 6) is 1.14. The molecule has 0 fully saturated rings. The van der Waals surface area contributed by atoms with Crippen LogP contribution in [0.5, 0.6) is 11.8 Å². The van der Waals surface area contributed by atoms with E-state index in [2.05, 4.69) is 17.0 Å². The van der Waals surface area contributed by atoms with Crippen molar-refractivity contribution in [3.05, 3.63) is 24.3 Å². The minimum absolute atomic E-state index is 0.0737. The van der Waals surface area contributed by atoms with Gasteiger partial charge in [-0.2, -0.15) is 9.67 Å². The molecule has 0 aliphatic carbocycles. The second-order valence-corrected chi connectivity index (χ2v) is 6.61. The summed E-state index contributed by atoms with van der Waals surface area (Å²) in [7, 11) is 3.21. The minimum atomic E-state index is -0.0737. The molecule has 1 aromatic carbocycles. The first-order valence-corrected chi connectivity index (χ1v) is 9.96. The van der Waals surface area contributed by atoms with Crippen molar-refractivity contribution in [2.24, 2.45) is 0 Å². The fraction of sp³-hybridized carbons (Fsp3) is 0.571. The SMILES string of the molecule is CCCCCCCCC(=O)n1nc(OCCOC)nc1-c1ccc(OC)cc1. The van der Waals surface area contributed by atoms with Crippen molar-refractivity contribution in [3.63, 3.8) is 0 Å². The van der Waals surface area contributed by atoms with Crippen LogP contribution >= 0.6 is 0 Å². The number of nitrogens with zero attached hydrogens (tertiary/aromatic N) is 3. The Labute approximate surface area is 167 Å². The smallest absolute Gasteiger partial charge is 0.336 e. The molecule has 0 saturated heterocycles. The van der Waals surface area contributed by atoms with Gasteiger partial charge >= 0.3 is 6.01 Å². The Bertz CT molecular complexity index is 713. The van der Waals surface area contributed by atoms with Crippen LogP contribution in [0.4, 0.5) is 0 Å². The number of benzene rings is 1. The highest BCUT2D eigenvalue weighted by atomic mass is 16.5. The zero-order chi connectivity index (χ0) is 20.2. The zero-order valence-electron chi connectivity index (χ0n) is 17.1. The Morgan fingerprint density at radius 1 is 1.00 bits per heavy atom. The van der Waals surface area contributed by atoms with Crippen molar-refractivity contribution in [3.8, 4) is 23.1 Å². The third kappa shape index (κ3) is 6.64. The summed E-state index contributed by atoms with van der Waals surface area (Å²) in [6, 6.07) is 7.56.